The van der Waals surface area contributed by atoms with E-state index in [0.29, 0.717) is 25.7 Å². The van der Waals surface area contributed by atoms with Crippen molar-refractivity contribution < 1.29 is 115 Å². The van der Waals surface area contributed by atoms with Crippen LogP contribution in [0.3, 0.4) is 0 Å². The van der Waals surface area contributed by atoms with Gasteiger partial charge < -0.3 is 80.4 Å². The van der Waals surface area contributed by atoms with Gasteiger partial charge in [-0.3, -0.25) is 38.4 Å². The van der Waals surface area contributed by atoms with Crippen molar-refractivity contribution >= 4 is 181 Å². The Labute approximate surface area is 654 Å². The lowest BCUT2D eigenvalue weighted by atomic mass is 9.81. The van der Waals surface area contributed by atoms with Crippen molar-refractivity contribution in [2.45, 2.75) is 74.0 Å². The normalized spacial score (nSPS) is 35.9. The van der Waals surface area contributed by atoms with E-state index < -0.39 is 238 Å². The minimum Gasteiger partial charge on any atom is -0.467 e. The van der Waals surface area contributed by atoms with Crippen molar-refractivity contribution in [2.24, 2.45) is 94.7 Å². The molecular weight excluding hydrogens is 1570 g/mol. The fourth-order valence-corrected chi connectivity index (χ4v) is 24.9. The van der Waals surface area contributed by atoms with Gasteiger partial charge in [-0.25, -0.2) is 38.4 Å². The molecule has 0 aromatic carbocycles. The van der Waals surface area contributed by atoms with E-state index in [2.05, 4.69) is 42.5 Å². The van der Waals surface area contributed by atoms with E-state index in [-0.39, 0.29) is 46.0 Å². The number of methoxy groups -OCH3 is 8. The van der Waals surface area contributed by atoms with Crippen LogP contribution in [0.25, 0.3) is 0 Å². The maximum Gasteiger partial charge on any atom is 0.329 e. The van der Waals surface area contributed by atoms with E-state index in [0.717, 1.165) is 143 Å². The number of esters is 8. The average Bonchev–Trinajstić information content (AvgIpc) is 1.63. The molecule has 9 rings (SSSR count). The molecule has 8 bridgehead atoms. The molecule has 5 fully saturated rings. The highest BCUT2D eigenvalue weighted by Crippen LogP contribution is 2.52. The van der Waals surface area contributed by atoms with Crippen LogP contribution in [0.4, 0.5) is 0 Å². The first-order valence-corrected chi connectivity index (χ1v) is 44.6. The van der Waals surface area contributed by atoms with Crippen LogP contribution in [0, 0.1) is 94.7 Å². The maximum absolute atomic E-state index is 14.4. The number of hydrogen-bond donors (Lipinski definition) is 8. The highest BCUT2D eigenvalue weighted by atomic mass is 33.1. The van der Waals surface area contributed by atoms with Gasteiger partial charge in [0, 0.05) is 46.0 Å². The van der Waals surface area contributed by atoms with Crippen LogP contribution in [0.1, 0.15) is 25.7 Å². The molecule has 8 amide bonds. The molecule has 1 saturated heterocycles. The van der Waals surface area contributed by atoms with Gasteiger partial charge in [-0.15, -0.1) is 0 Å². The molecule has 0 aromatic heterocycles. The number of carbonyl (C=O) groups excluding carboxylic acids is 16. The van der Waals surface area contributed by atoms with Gasteiger partial charge in [-0.1, -0.05) is 135 Å². The first-order chi connectivity index (χ1) is 51.8. The molecule has 592 valence electrons. The second kappa shape index (κ2) is 40.0. The Morgan fingerprint density at radius 3 is 0.417 bits per heavy atom. The number of nitrogens with one attached hydrogen (secondary N) is 8. The number of allylic oxidation sites excluding steroid dienone is 8. The second-order valence-electron chi connectivity index (χ2n) is 27.0. The lowest BCUT2D eigenvalue weighted by molar-refractivity contribution is -0.147. The van der Waals surface area contributed by atoms with E-state index in [4.69, 9.17) is 37.9 Å². The SMILES string of the molecule is COC(=O)[C@@H]1CSSC[C@@H](C(=O)OC)NC(=O)C2C3C=CC(C3)C2C(=O)N[C@H](C(=O)OC)CSSC[C@@H](C(=O)OC)NC(=O)C2C3C=CC(C3)C2C(=O)N[C@H](C(=O)OC)CSSC[C@@H](C(=O)OC)NC(=O)C2C3C=CC(C3)C2C(=O)N[C@H](C(=O)OC)CSSC[C@@H](C(=O)OC)NC(=O)C2C3C=CC(C3)C2C(=O)N1. The van der Waals surface area contributed by atoms with Crippen molar-refractivity contribution in [1.82, 2.24) is 42.5 Å². The monoisotopic (exact) mass is 1660 g/mol. The fourth-order valence-electron chi connectivity index (χ4n) is 15.7. The van der Waals surface area contributed by atoms with E-state index >= 15 is 0 Å². The fraction of sp³-hybridized carbons (Fsp3) is 0.647. The summed E-state index contributed by atoms with van der Waals surface area (Å²) in [4.78, 5) is 222. The molecule has 1 heterocycles. The molecule has 8 N–H and O–H groups in total. The van der Waals surface area contributed by atoms with Crippen LogP contribution in [0.2, 0.25) is 0 Å². The van der Waals surface area contributed by atoms with Crippen LogP contribution in [0.5, 0.6) is 0 Å². The van der Waals surface area contributed by atoms with Gasteiger partial charge in [0.2, 0.25) is 47.3 Å². The molecule has 1 aliphatic heterocycles. The summed E-state index contributed by atoms with van der Waals surface area (Å²) in [6, 6.07) is -10.3. The van der Waals surface area contributed by atoms with Crippen LogP contribution < -0.4 is 42.5 Å². The summed E-state index contributed by atoms with van der Waals surface area (Å²) in [6.45, 7) is 0. The third-order valence-corrected chi connectivity index (χ3v) is 30.6. The Balaban J connectivity index is 0.926. The minimum atomic E-state index is -1.29. The Morgan fingerprint density at radius 1 is 0.222 bits per heavy atom. The predicted octanol–water partition coefficient (Wildman–Crippen LogP) is 0.541. The van der Waals surface area contributed by atoms with Gasteiger partial charge in [0.25, 0.3) is 0 Å². The van der Waals surface area contributed by atoms with Crippen molar-refractivity contribution in [3.05, 3.63) is 48.6 Å². The standard InChI is InChI=1S/C68H88N8O24S8/c1-93-61(85)37-21-101-102-22-38(62(86)94-2)70-55(79)47-31-11-12-32(18-31)48(47)56(80)72-41(65(89)97-5)25-105-106-26-42(66(90)98-6)74-59(83)51-35-15-16-36(20-35)52(51)60(84)76-44(68(92)100-8)28-108-107-27-43(67(91)99-7)75-58(82)50-34-14-13-33(19-34)49(50)57(81)73-40(64(88)96-4)24-104-103-23-39(63(87)95-3)71-54(78)46-30-10-9-29(17-30)45(46)53(77)69-37/h9-16,29-52H,17-28H2,1-8H3,(H,69,77)(H,70,79)(H,71,78)(H,72,80)(H,73,81)(H,74,83)(H,75,82)(H,76,84)/t29?,30?,31?,32?,33?,34?,35?,36?,37-,38-,39-,40-,41-,42-,43-,44-,45?,46?,47?,48?,49?,50?,51?,52?/m0/s1. The Bertz CT molecular complexity index is 2910. The van der Waals surface area contributed by atoms with Gasteiger partial charge in [0.05, 0.1) is 104 Å². The van der Waals surface area contributed by atoms with E-state index in [1.165, 1.54) is 0 Å². The first-order valence-electron chi connectivity index (χ1n) is 34.6. The zero-order valence-corrected chi connectivity index (χ0v) is 66.6. The second-order valence-corrected chi connectivity index (χ2v) is 37.2. The smallest absolute Gasteiger partial charge is 0.329 e. The van der Waals surface area contributed by atoms with Gasteiger partial charge in [-0.2, -0.15) is 0 Å². The lowest BCUT2D eigenvalue weighted by Gasteiger charge is -2.29. The molecule has 0 spiro atoms. The molecule has 108 heavy (non-hydrogen) atoms. The number of fused-ring (bicyclic) bond motifs is 20. The summed E-state index contributed by atoms with van der Waals surface area (Å²) < 4.78 is 40.6. The summed E-state index contributed by atoms with van der Waals surface area (Å²) >= 11 is 0. The van der Waals surface area contributed by atoms with Crippen LogP contribution in [-0.2, 0) is 115 Å². The molecule has 0 radical (unpaired) electrons. The topological polar surface area (TPSA) is 443 Å². The number of rotatable bonds is 8. The molecule has 16 unspecified atom stereocenters. The highest BCUT2D eigenvalue weighted by Gasteiger charge is 2.57. The van der Waals surface area contributed by atoms with Gasteiger partial charge in [-0.05, 0) is 73.0 Å². The third-order valence-electron chi connectivity index (χ3n) is 20.9. The number of hydrogen-bond acceptors (Lipinski definition) is 32. The third kappa shape index (κ3) is 20.3. The largest absolute Gasteiger partial charge is 0.467 e. The summed E-state index contributed by atoms with van der Waals surface area (Å²) in [5, 5.41) is 21.9. The molecule has 0 aromatic rings. The minimum absolute atomic E-state index is 0.130. The molecule has 32 nitrogen and oxygen atoms in total. The Hall–Kier alpha value is -6.72. The molecule has 24 atom stereocenters. The first kappa shape index (κ1) is 85.3. The molecule has 40 heteroatoms. The Morgan fingerprint density at radius 2 is 0.324 bits per heavy atom. The highest BCUT2D eigenvalue weighted by molar-refractivity contribution is 8.77. The summed E-state index contributed by atoms with van der Waals surface area (Å²) in [5.41, 5.74) is 0. The van der Waals surface area contributed by atoms with E-state index in [1.54, 1.807) is 0 Å². The zero-order chi connectivity index (χ0) is 78.2. The van der Waals surface area contributed by atoms with Gasteiger partial charge >= 0.3 is 47.8 Å². The summed E-state index contributed by atoms with van der Waals surface area (Å²) in [6.07, 6.45) is 16.1. The molecule has 4 saturated carbocycles. The Kier molecular flexibility index (Phi) is 31.6. The number of ether oxygens (including phenoxy) is 8. The van der Waals surface area contributed by atoms with E-state index in [9.17, 15) is 76.7 Å². The van der Waals surface area contributed by atoms with Crippen LogP contribution in [0.15, 0.2) is 48.6 Å². The molecule has 8 aliphatic carbocycles. The van der Waals surface area contributed by atoms with Crippen molar-refractivity contribution in [3.63, 3.8) is 0 Å². The van der Waals surface area contributed by atoms with Gasteiger partial charge in [0.15, 0.2) is 0 Å². The summed E-state index contributed by atoms with van der Waals surface area (Å²) in [7, 11) is 17.4. The quantitative estimate of drug-likeness (QED) is 0.0711. The predicted molar refractivity (Wildman–Crippen MR) is 402 cm³/mol. The van der Waals surface area contributed by atoms with Crippen molar-refractivity contribution in [1.29, 1.82) is 0 Å². The van der Waals surface area contributed by atoms with Gasteiger partial charge in [0.1, 0.15) is 48.3 Å². The molecular formula is C68H88N8O24S8. The number of amides is 8. The summed E-state index contributed by atoms with van der Waals surface area (Å²) in [5.74, 6) is -24.6. The average molecular weight is 1660 g/mol. The van der Waals surface area contributed by atoms with Crippen molar-refractivity contribution in [2.75, 3.05) is 103 Å². The lowest BCUT2D eigenvalue weighted by Crippen LogP contribution is -2.52. The zero-order valence-electron chi connectivity index (χ0n) is 60.0. The number of carbonyl (C=O) groups is 16. The van der Waals surface area contributed by atoms with Crippen LogP contribution >= 0.6 is 86.4 Å². The van der Waals surface area contributed by atoms with Crippen molar-refractivity contribution in [3.8, 4) is 0 Å². The maximum atomic E-state index is 14.4. The van der Waals surface area contributed by atoms with E-state index in [1.807, 2.05) is 48.6 Å². The van der Waals surface area contributed by atoms with Crippen LogP contribution in [-0.4, -0.2) is 246 Å². The molecule has 9 aliphatic rings.